The molecule has 8 heteroatoms. The average molecular weight is 413 g/mol. The minimum Gasteiger partial charge on any atom is -0.355 e. The molecule has 1 amide bonds. The maximum absolute atomic E-state index is 13.1. The molecule has 0 bridgehead atoms. The molecule has 0 saturated carbocycles. The lowest BCUT2D eigenvalue weighted by Crippen LogP contribution is -3.07. The molecule has 152 valence electrons. The van der Waals surface area contributed by atoms with Crippen molar-refractivity contribution in [2.24, 2.45) is 5.92 Å². The molecule has 0 spiro atoms. The normalized spacial score (nSPS) is 17.1. The van der Waals surface area contributed by atoms with Crippen LogP contribution in [0.2, 0.25) is 0 Å². The Hall–Kier alpha value is -2.58. The Morgan fingerprint density at radius 1 is 1.34 bits per heavy atom. The van der Waals surface area contributed by atoms with Crippen molar-refractivity contribution in [2.75, 3.05) is 14.1 Å². The van der Waals surface area contributed by atoms with Crippen molar-refractivity contribution in [1.82, 2.24) is 20.3 Å². The molecule has 29 heavy (non-hydrogen) atoms. The first-order valence-corrected chi connectivity index (χ1v) is 10.8. The second-order valence-electron chi connectivity index (χ2n) is 7.99. The van der Waals surface area contributed by atoms with Gasteiger partial charge in [0.05, 0.1) is 12.4 Å². The Morgan fingerprint density at radius 3 is 2.83 bits per heavy atom. The van der Waals surface area contributed by atoms with Crippen LogP contribution in [0.3, 0.4) is 0 Å². The lowest BCUT2D eigenvalue weighted by Gasteiger charge is -2.17. The predicted octanol–water partition coefficient (Wildman–Crippen LogP) is 1.01. The van der Waals surface area contributed by atoms with Crippen molar-refractivity contribution in [3.05, 3.63) is 56.2 Å². The van der Waals surface area contributed by atoms with Crippen LogP contribution < -0.4 is 15.8 Å². The van der Waals surface area contributed by atoms with Gasteiger partial charge in [-0.15, -0.1) is 16.4 Å². The maximum atomic E-state index is 13.1. The molecule has 2 atom stereocenters. The van der Waals surface area contributed by atoms with Crippen LogP contribution in [0.25, 0.3) is 10.2 Å². The van der Waals surface area contributed by atoms with Gasteiger partial charge in [0.1, 0.15) is 6.54 Å². The van der Waals surface area contributed by atoms with Crippen molar-refractivity contribution < 1.29 is 9.69 Å². The van der Waals surface area contributed by atoms with Crippen molar-refractivity contribution in [3.63, 3.8) is 0 Å². The third-order valence-corrected chi connectivity index (χ3v) is 6.69. The zero-order valence-corrected chi connectivity index (χ0v) is 17.8. The summed E-state index contributed by atoms with van der Waals surface area (Å²) in [5.41, 5.74) is 2.90. The molecule has 1 aliphatic carbocycles. The van der Waals surface area contributed by atoms with E-state index in [0.29, 0.717) is 18.2 Å². The Balaban J connectivity index is 1.52. The van der Waals surface area contributed by atoms with Crippen molar-refractivity contribution in [3.8, 4) is 0 Å². The number of carbonyl (C=O) groups is 1. The Kier molecular flexibility index (Phi) is 5.47. The van der Waals surface area contributed by atoms with Crippen LogP contribution in [0.1, 0.15) is 39.7 Å². The van der Waals surface area contributed by atoms with E-state index < -0.39 is 0 Å². The summed E-state index contributed by atoms with van der Waals surface area (Å²) in [5, 5.41) is 11.9. The topological polar surface area (TPSA) is 81.3 Å². The summed E-state index contributed by atoms with van der Waals surface area (Å²) >= 11 is 1.63. The molecular weight excluding hydrogens is 386 g/mol. The smallest absolute Gasteiger partial charge is 0.283 e. The largest absolute Gasteiger partial charge is 0.355 e. The summed E-state index contributed by atoms with van der Waals surface area (Å²) in [7, 11) is 3.64. The summed E-state index contributed by atoms with van der Waals surface area (Å²) < 4.78 is 1.49. The van der Waals surface area contributed by atoms with E-state index in [1.807, 2.05) is 31.3 Å². The first kappa shape index (κ1) is 19.7. The van der Waals surface area contributed by atoms with E-state index >= 15 is 0 Å². The molecule has 0 fully saturated rings. The van der Waals surface area contributed by atoms with Gasteiger partial charge in [0, 0.05) is 23.1 Å². The van der Waals surface area contributed by atoms with Crippen LogP contribution in [-0.4, -0.2) is 35.0 Å². The van der Waals surface area contributed by atoms with E-state index in [0.717, 1.165) is 46.5 Å². The van der Waals surface area contributed by atoms with Crippen molar-refractivity contribution in [1.29, 1.82) is 0 Å². The summed E-state index contributed by atoms with van der Waals surface area (Å²) in [5.74, 6) is 0.567. The van der Waals surface area contributed by atoms with Crippen LogP contribution in [-0.2, 0) is 26.1 Å². The molecule has 1 unspecified atom stereocenters. The Bertz CT molecular complexity index is 1100. The second-order valence-corrected chi connectivity index (χ2v) is 9.08. The monoisotopic (exact) mass is 412 g/mol. The number of aryl methyl sites for hydroxylation is 1. The highest BCUT2D eigenvalue weighted by molar-refractivity contribution is 7.18. The predicted molar refractivity (Wildman–Crippen MR) is 113 cm³/mol. The summed E-state index contributed by atoms with van der Waals surface area (Å²) in [6.07, 6.45) is 3.11. The Morgan fingerprint density at radius 2 is 2.10 bits per heavy atom. The second kappa shape index (κ2) is 8.04. The van der Waals surface area contributed by atoms with Gasteiger partial charge in [0.25, 0.3) is 11.5 Å². The van der Waals surface area contributed by atoms with Crippen LogP contribution >= 0.6 is 11.3 Å². The van der Waals surface area contributed by atoms with Gasteiger partial charge < -0.3 is 10.2 Å². The molecule has 2 N–H and O–H groups in total. The number of hydrogen-bond donors (Lipinski definition) is 2. The van der Waals surface area contributed by atoms with E-state index in [1.54, 1.807) is 18.4 Å². The summed E-state index contributed by atoms with van der Waals surface area (Å²) in [6.45, 7) is 3.43. The number of benzene rings is 1. The number of carbonyl (C=O) groups excluding carboxylic acids is 1. The minimum absolute atomic E-state index is 0.0311. The van der Waals surface area contributed by atoms with Crippen molar-refractivity contribution in [2.45, 2.75) is 39.4 Å². The highest BCUT2D eigenvalue weighted by Gasteiger charge is 2.24. The molecule has 4 rings (SSSR count). The first-order chi connectivity index (χ1) is 14.0. The van der Waals surface area contributed by atoms with Crippen LogP contribution in [0.5, 0.6) is 0 Å². The number of rotatable bonds is 5. The molecule has 2 heterocycles. The molecule has 2 aromatic heterocycles. The van der Waals surface area contributed by atoms with Gasteiger partial charge in [-0.3, -0.25) is 9.59 Å². The molecule has 0 radical (unpaired) electrons. The number of quaternary nitrogens is 1. The standard InChI is InChI=1S/C21H25N5O2S/c1-13-4-9-16-17(10-13)29-20-18(16)21(28)26(24-23-20)12-25(3)11-14-5-7-15(8-6-14)19(27)22-2/h5-8,13H,4,9-12H2,1-3H3,(H,22,27)/p+1/t13-/m1/s1. The van der Waals surface area contributed by atoms with Crippen LogP contribution in [0, 0.1) is 5.92 Å². The number of amides is 1. The minimum atomic E-state index is -0.0964. The van der Waals surface area contributed by atoms with Crippen molar-refractivity contribution >= 4 is 27.5 Å². The van der Waals surface area contributed by atoms with Gasteiger partial charge in [-0.05, 0) is 42.9 Å². The molecule has 0 saturated heterocycles. The number of aromatic nitrogens is 3. The highest BCUT2D eigenvalue weighted by atomic mass is 32.1. The maximum Gasteiger partial charge on any atom is 0.283 e. The van der Waals surface area contributed by atoms with E-state index in [2.05, 4.69) is 22.6 Å². The van der Waals surface area contributed by atoms with Gasteiger partial charge in [-0.1, -0.05) is 24.3 Å². The molecule has 7 nitrogen and oxygen atoms in total. The number of thiophene rings is 1. The van der Waals surface area contributed by atoms with Crippen LogP contribution in [0.4, 0.5) is 0 Å². The van der Waals surface area contributed by atoms with E-state index in [-0.39, 0.29) is 11.5 Å². The summed E-state index contributed by atoms with van der Waals surface area (Å²) in [4.78, 5) is 27.9. The molecular formula is C21H26N5O2S+. The van der Waals surface area contributed by atoms with Gasteiger partial charge in [0.2, 0.25) is 0 Å². The zero-order chi connectivity index (χ0) is 20.5. The Labute approximate surface area is 173 Å². The van der Waals surface area contributed by atoms with E-state index in [9.17, 15) is 9.59 Å². The average Bonchev–Trinajstić information content (AvgIpc) is 3.08. The first-order valence-electron chi connectivity index (χ1n) is 9.96. The van der Waals surface area contributed by atoms with Crippen LogP contribution in [0.15, 0.2) is 29.1 Å². The molecule has 3 aromatic rings. The molecule has 1 aromatic carbocycles. The third-order valence-electron chi connectivity index (χ3n) is 5.55. The highest BCUT2D eigenvalue weighted by Crippen LogP contribution is 2.35. The molecule has 1 aliphatic rings. The lowest BCUT2D eigenvalue weighted by molar-refractivity contribution is -0.917. The SMILES string of the molecule is CNC(=O)c1ccc(C[NH+](C)Cn2nnc3sc4c(c3c2=O)CC[C@@H](C)C4)cc1. The molecule has 0 aliphatic heterocycles. The van der Waals surface area contributed by atoms with Gasteiger partial charge in [-0.25, -0.2) is 0 Å². The van der Waals surface area contributed by atoms with Gasteiger partial charge >= 0.3 is 0 Å². The number of hydrogen-bond acceptors (Lipinski definition) is 5. The van der Waals surface area contributed by atoms with E-state index in [1.165, 1.54) is 15.1 Å². The number of fused-ring (bicyclic) bond motifs is 3. The fraction of sp³-hybridized carbons (Fsp3) is 0.429. The zero-order valence-electron chi connectivity index (χ0n) is 17.0. The fourth-order valence-corrected chi connectivity index (χ4v) is 5.29. The fourth-order valence-electron chi connectivity index (χ4n) is 3.97. The lowest BCUT2D eigenvalue weighted by atomic mass is 9.89. The van der Waals surface area contributed by atoms with Gasteiger partial charge in [-0.2, -0.15) is 4.68 Å². The third kappa shape index (κ3) is 3.95. The number of nitrogens with one attached hydrogen (secondary N) is 2. The summed E-state index contributed by atoms with van der Waals surface area (Å²) in [6, 6.07) is 7.53. The van der Waals surface area contributed by atoms with Gasteiger partial charge in [0.15, 0.2) is 11.5 Å². The number of nitrogens with zero attached hydrogens (tertiary/aromatic N) is 3. The quantitative estimate of drug-likeness (QED) is 0.655. The van der Waals surface area contributed by atoms with E-state index in [4.69, 9.17) is 0 Å².